The van der Waals surface area contributed by atoms with Gasteiger partial charge in [-0.2, -0.15) is 18.9 Å². The van der Waals surface area contributed by atoms with E-state index in [4.69, 9.17) is 0 Å². The van der Waals surface area contributed by atoms with E-state index in [1.165, 1.54) is 10.6 Å². The number of H-pyrrole nitrogens is 1. The van der Waals surface area contributed by atoms with Crippen LogP contribution < -0.4 is 5.32 Å². The number of anilines is 2. The number of nitrogens with one attached hydrogen (secondary N) is 2. The smallest absolute Gasteiger partial charge is 0.310 e. The highest BCUT2D eigenvalue weighted by Gasteiger charge is 2.38. The molecule has 2 N–H and O–H groups in total. The van der Waals surface area contributed by atoms with E-state index < -0.39 is 23.1 Å². The maximum atomic E-state index is 14.8. The molecule has 25 heavy (non-hydrogen) atoms. The molecule has 0 saturated heterocycles. The molecule has 3 heterocycles. The number of hydrogen-bond acceptors (Lipinski definition) is 4. The Kier molecular flexibility index (Phi) is 3.41. The maximum absolute atomic E-state index is 14.8. The van der Waals surface area contributed by atoms with Crippen molar-refractivity contribution in [2.45, 2.75) is 5.92 Å². The lowest BCUT2D eigenvalue weighted by Gasteiger charge is -2.17. The Morgan fingerprint density at radius 2 is 1.84 bits per heavy atom. The molecule has 3 aromatic heterocycles. The van der Waals surface area contributed by atoms with Gasteiger partial charge in [-0.05, 0) is 36.4 Å². The molecule has 9 heteroatoms. The highest BCUT2D eigenvalue weighted by Crippen LogP contribution is 2.34. The van der Waals surface area contributed by atoms with Gasteiger partial charge in [0.15, 0.2) is 0 Å². The average Bonchev–Trinajstić information content (AvgIpc) is 3.26. The summed E-state index contributed by atoms with van der Waals surface area (Å²) < 4.78 is 44.2. The van der Waals surface area contributed by atoms with Gasteiger partial charge in [0.25, 0.3) is 0 Å². The Morgan fingerprint density at radius 1 is 1.04 bits per heavy atom. The summed E-state index contributed by atoms with van der Waals surface area (Å²) in [6.45, 7) is 0. The fourth-order valence-electron chi connectivity index (χ4n) is 2.39. The summed E-state index contributed by atoms with van der Waals surface area (Å²) in [6.07, 6.45) is 3.16. The molecule has 126 valence electrons. The van der Waals surface area contributed by atoms with Crippen LogP contribution in [0, 0.1) is 5.82 Å². The largest absolute Gasteiger partial charge is 0.331 e. The molecule has 4 aromatic rings. The van der Waals surface area contributed by atoms with Gasteiger partial charge in [-0.15, -0.1) is 0 Å². The molecule has 0 saturated carbocycles. The van der Waals surface area contributed by atoms with Crippen molar-refractivity contribution < 1.29 is 13.2 Å². The van der Waals surface area contributed by atoms with Crippen LogP contribution in [0.5, 0.6) is 0 Å². The molecule has 0 aliphatic heterocycles. The van der Waals surface area contributed by atoms with E-state index in [1.54, 1.807) is 24.4 Å². The van der Waals surface area contributed by atoms with Crippen molar-refractivity contribution in [3.8, 4) is 0 Å². The summed E-state index contributed by atoms with van der Waals surface area (Å²) in [6, 6.07) is 8.87. The van der Waals surface area contributed by atoms with Gasteiger partial charge >= 0.3 is 5.92 Å². The summed E-state index contributed by atoms with van der Waals surface area (Å²) in [5, 5.41) is 9.35. The number of rotatable bonds is 4. The van der Waals surface area contributed by atoms with Crippen LogP contribution in [0.25, 0.3) is 5.65 Å². The van der Waals surface area contributed by atoms with E-state index >= 15 is 0 Å². The Labute approximate surface area is 139 Å². The maximum Gasteiger partial charge on any atom is 0.331 e. The molecule has 0 aliphatic rings. The molecule has 0 amide bonds. The molecule has 0 radical (unpaired) electrons. The van der Waals surface area contributed by atoms with Crippen molar-refractivity contribution in [1.82, 2.24) is 24.6 Å². The molecular formula is C16H11F3N6. The molecule has 0 bridgehead atoms. The predicted octanol–water partition coefficient (Wildman–Crippen LogP) is 3.48. The third-order valence-corrected chi connectivity index (χ3v) is 3.62. The third-order valence-electron chi connectivity index (χ3n) is 3.62. The fourth-order valence-corrected chi connectivity index (χ4v) is 2.39. The quantitative estimate of drug-likeness (QED) is 0.595. The molecule has 0 fully saturated rings. The summed E-state index contributed by atoms with van der Waals surface area (Å²) >= 11 is 0. The van der Waals surface area contributed by atoms with E-state index in [0.717, 1.165) is 24.3 Å². The number of halogens is 3. The van der Waals surface area contributed by atoms with Crippen LogP contribution in [0.1, 0.15) is 11.4 Å². The van der Waals surface area contributed by atoms with Gasteiger partial charge in [-0.1, -0.05) is 0 Å². The number of aromatic nitrogens is 5. The molecule has 0 unspecified atom stereocenters. The van der Waals surface area contributed by atoms with E-state index in [0.29, 0.717) is 11.5 Å². The first-order chi connectivity index (χ1) is 12.0. The van der Waals surface area contributed by atoms with Gasteiger partial charge in [-0.25, -0.2) is 9.37 Å². The van der Waals surface area contributed by atoms with Crippen LogP contribution in [0.3, 0.4) is 0 Å². The second-order valence-corrected chi connectivity index (χ2v) is 5.28. The van der Waals surface area contributed by atoms with Gasteiger partial charge in [0.1, 0.15) is 17.3 Å². The zero-order valence-corrected chi connectivity index (χ0v) is 12.6. The highest BCUT2D eigenvalue weighted by atomic mass is 19.3. The minimum absolute atomic E-state index is 0.149. The molecule has 0 spiro atoms. The second-order valence-electron chi connectivity index (χ2n) is 5.28. The Bertz CT molecular complexity index is 1010. The first-order valence-electron chi connectivity index (χ1n) is 7.30. The first kappa shape index (κ1) is 15.2. The molecule has 0 atom stereocenters. The lowest BCUT2D eigenvalue weighted by molar-refractivity contribution is 0.0330. The van der Waals surface area contributed by atoms with E-state index in [1.807, 2.05) is 0 Å². The summed E-state index contributed by atoms with van der Waals surface area (Å²) in [5.41, 5.74) is -0.0916. The number of aromatic amines is 1. The van der Waals surface area contributed by atoms with Gasteiger partial charge in [0.05, 0.1) is 6.20 Å². The lowest BCUT2D eigenvalue weighted by Crippen LogP contribution is -2.21. The fraction of sp³-hybridized carbons (Fsp3) is 0.0625. The number of alkyl halides is 2. The van der Waals surface area contributed by atoms with Crippen LogP contribution in [0.2, 0.25) is 0 Å². The highest BCUT2D eigenvalue weighted by molar-refractivity contribution is 5.53. The topological polar surface area (TPSA) is 70.9 Å². The zero-order chi connectivity index (χ0) is 17.4. The van der Waals surface area contributed by atoms with E-state index in [2.05, 4.69) is 25.5 Å². The van der Waals surface area contributed by atoms with Crippen LogP contribution in [0.4, 0.5) is 24.9 Å². The SMILES string of the molecule is Fc1ccc(C(F)(F)c2nc(Nc3ccn[nH]3)n3cccc3n2)cc1. The summed E-state index contributed by atoms with van der Waals surface area (Å²) in [7, 11) is 0. The Morgan fingerprint density at radius 3 is 2.56 bits per heavy atom. The molecule has 1 aromatic carbocycles. The van der Waals surface area contributed by atoms with Gasteiger partial charge < -0.3 is 5.32 Å². The zero-order valence-electron chi connectivity index (χ0n) is 12.6. The van der Waals surface area contributed by atoms with Crippen molar-refractivity contribution in [3.63, 3.8) is 0 Å². The van der Waals surface area contributed by atoms with Gasteiger partial charge in [-0.3, -0.25) is 9.50 Å². The first-order valence-corrected chi connectivity index (χ1v) is 7.30. The molecular weight excluding hydrogens is 333 g/mol. The minimum Gasteiger partial charge on any atom is -0.310 e. The van der Waals surface area contributed by atoms with Crippen molar-refractivity contribution >= 4 is 17.4 Å². The predicted molar refractivity (Wildman–Crippen MR) is 84.3 cm³/mol. The number of fused-ring (bicyclic) bond motifs is 1. The summed E-state index contributed by atoms with van der Waals surface area (Å²) in [5.74, 6) is -4.12. The van der Waals surface area contributed by atoms with Crippen LogP contribution in [-0.4, -0.2) is 24.6 Å². The normalized spacial score (nSPS) is 11.8. The Balaban J connectivity index is 1.82. The average molecular weight is 344 g/mol. The molecule has 4 rings (SSSR count). The van der Waals surface area contributed by atoms with Crippen molar-refractivity contribution in [1.29, 1.82) is 0 Å². The van der Waals surface area contributed by atoms with Crippen molar-refractivity contribution in [3.05, 3.63) is 72.1 Å². The monoisotopic (exact) mass is 344 g/mol. The lowest BCUT2D eigenvalue weighted by atomic mass is 10.1. The van der Waals surface area contributed by atoms with Crippen LogP contribution in [-0.2, 0) is 5.92 Å². The summed E-state index contributed by atoms with van der Waals surface area (Å²) in [4.78, 5) is 7.91. The van der Waals surface area contributed by atoms with Crippen molar-refractivity contribution in [2.24, 2.45) is 0 Å². The molecule has 6 nitrogen and oxygen atoms in total. The Hall–Kier alpha value is -3.36. The van der Waals surface area contributed by atoms with Crippen LogP contribution in [0.15, 0.2) is 54.9 Å². The number of nitrogens with zero attached hydrogens (tertiary/aromatic N) is 4. The second kappa shape index (κ2) is 5.62. The van der Waals surface area contributed by atoms with E-state index in [9.17, 15) is 13.2 Å². The molecule has 0 aliphatic carbocycles. The minimum atomic E-state index is -3.48. The van der Waals surface area contributed by atoms with Gasteiger partial charge in [0, 0.05) is 17.8 Å². The number of hydrogen-bond donors (Lipinski definition) is 2. The third kappa shape index (κ3) is 2.69. The van der Waals surface area contributed by atoms with Gasteiger partial charge in [0.2, 0.25) is 11.8 Å². The standard InChI is InChI=1S/C16H11F3N6/c17-11-5-3-10(4-6-11)16(18,19)14-22-13-2-1-9-25(13)15(23-14)21-12-7-8-20-24-12/h1-9H,(H2,20,21,22,23,24). The van der Waals surface area contributed by atoms with E-state index in [-0.39, 0.29) is 5.95 Å². The number of benzene rings is 1. The van der Waals surface area contributed by atoms with Crippen molar-refractivity contribution in [2.75, 3.05) is 5.32 Å². The van der Waals surface area contributed by atoms with Crippen LogP contribution >= 0.6 is 0 Å².